The van der Waals surface area contributed by atoms with E-state index in [-0.39, 0.29) is 13.2 Å². The average Bonchev–Trinajstić information content (AvgIpc) is 3.76. The third-order valence-corrected chi connectivity index (χ3v) is 9.07. The predicted octanol–water partition coefficient (Wildman–Crippen LogP) is 7.70. The standard InChI is InChI=1S/C42H34O8/c43-41(33-13-11-31-21-35(17-15-29(31)19-33)45-23-27-7-3-1-4-8-27)49-37-25-47-40-38(26-48-39(37)40)50-42(44)34-14-12-32-22-36(18-16-30(32)20-34)46-24-28-9-5-2-6-10-28/h1-22,37-40H,23-26H2/t37-,38+,39-,40-/m1/s1. The average molecular weight is 667 g/mol. The van der Waals surface area contributed by atoms with Crippen LogP contribution in [0.3, 0.4) is 0 Å². The van der Waals surface area contributed by atoms with Gasteiger partial charge in [-0.3, -0.25) is 0 Å². The number of fused-ring (bicyclic) bond motifs is 3. The van der Waals surface area contributed by atoms with Crippen LogP contribution in [0.2, 0.25) is 0 Å². The van der Waals surface area contributed by atoms with Gasteiger partial charge in [-0.05, 0) is 81.2 Å². The minimum absolute atomic E-state index is 0.148. The molecule has 2 aliphatic rings. The second-order valence-electron chi connectivity index (χ2n) is 12.5. The molecule has 8 heteroatoms. The van der Waals surface area contributed by atoms with Gasteiger partial charge in [0.15, 0.2) is 12.2 Å². The minimum Gasteiger partial charge on any atom is -0.489 e. The van der Waals surface area contributed by atoms with Crippen molar-refractivity contribution in [1.82, 2.24) is 0 Å². The van der Waals surface area contributed by atoms with Crippen molar-refractivity contribution in [2.75, 3.05) is 13.2 Å². The summed E-state index contributed by atoms with van der Waals surface area (Å²) < 4.78 is 35.5. The van der Waals surface area contributed by atoms with E-state index >= 15 is 0 Å². The Balaban J connectivity index is 0.855. The Morgan fingerprint density at radius 3 is 1.34 bits per heavy atom. The first kappa shape index (κ1) is 31.6. The molecule has 8 rings (SSSR count). The molecule has 0 saturated carbocycles. The van der Waals surface area contributed by atoms with Crippen LogP contribution in [0.5, 0.6) is 11.5 Å². The molecule has 250 valence electrons. The van der Waals surface area contributed by atoms with Crippen LogP contribution in [-0.4, -0.2) is 49.6 Å². The number of carbonyl (C=O) groups is 2. The lowest BCUT2D eigenvalue weighted by molar-refractivity contribution is -0.0287. The van der Waals surface area contributed by atoms with Crippen LogP contribution in [-0.2, 0) is 32.2 Å². The van der Waals surface area contributed by atoms with Crippen LogP contribution in [0.15, 0.2) is 133 Å². The maximum atomic E-state index is 13.2. The van der Waals surface area contributed by atoms with Crippen molar-refractivity contribution >= 4 is 33.5 Å². The molecule has 50 heavy (non-hydrogen) atoms. The van der Waals surface area contributed by atoms with Crippen molar-refractivity contribution < 1.29 is 38.0 Å². The monoisotopic (exact) mass is 666 g/mol. The van der Waals surface area contributed by atoms with E-state index in [1.807, 2.05) is 109 Å². The summed E-state index contributed by atoms with van der Waals surface area (Å²) in [6, 6.07) is 42.3. The predicted molar refractivity (Wildman–Crippen MR) is 187 cm³/mol. The quantitative estimate of drug-likeness (QED) is 0.138. The van der Waals surface area contributed by atoms with Crippen molar-refractivity contribution in [2.45, 2.75) is 37.6 Å². The molecule has 0 amide bonds. The van der Waals surface area contributed by atoms with Crippen LogP contribution < -0.4 is 9.47 Å². The molecule has 8 nitrogen and oxygen atoms in total. The normalized spacial score (nSPS) is 19.6. The highest BCUT2D eigenvalue weighted by atomic mass is 16.7. The van der Waals surface area contributed by atoms with Crippen molar-refractivity contribution in [3.05, 3.63) is 156 Å². The summed E-state index contributed by atoms with van der Waals surface area (Å²) in [5.41, 5.74) is 3.02. The van der Waals surface area contributed by atoms with Gasteiger partial charge in [0.25, 0.3) is 0 Å². The minimum atomic E-state index is -0.625. The molecule has 2 fully saturated rings. The Bertz CT molecular complexity index is 1990. The number of carbonyl (C=O) groups excluding carboxylic acids is 2. The van der Waals surface area contributed by atoms with E-state index in [0.717, 1.165) is 44.2 Å². The lowest BCUT2D eigenvalue weighted by atomic mass is 10.1. The molecule has 0 spiro atoms. The third kappa shape index (κ3) is 6.89. The molecule has 0 bridgehead atoms. The molecule has 0 unspecified atom stereocenters. The zero-order valence-corrected chi connectivity index (χ0v) is 27.1. The molecule has 0 aromatic heterocycles. The van der Waals surface area contributed by atoms with Gasteiger partial charge >= 0.3 is 11.9 Å². The molecule has 4 atom stereocenters. The van der Waals surface area contributed by atoms with E-state index in [4.69, 9.17) is 28.4 Å². The lowest BCUT2D eigenvalue weighted by Crippen LogP contribution is -2.36. The fraction of sp³-hybridized carbons (Fsp3) is 0.190. The van der Waals surface area contributed by atoms with Gasteiger partial charge in [0.1, 0.15) is 36.9 Å². The number of benzene rings is 6. The summed E-state index contributed by atoms with van der Waals surface area (Å²) in [5.74, 6) is 0.552. The molecule has 6 aromatic carbocycles. The zero-order valence-electron chi connectivity index (χ0n) is 27.1. The fourth-order valence-corrected chi connectivity index (χ4v) is 6.41. The number of rotatable bonds is 10. The molecule has 2 heterocycles. The van der Waals surface area contributed by atoms with E-state index in [1.165, 1.54) is 0 Å². The number of hydrogen-bond donors (Lipinski definition) is 0. The molecule has 2 saturated heterocycles. The van der Waals surface area contributed by atoms with Crippen LogP contribution in [0.25, 0.3) is 21.5 Å². The molecule has 0 N–H and O–H groups in total. The summed E-state index contributed by atoms with van der Waals surface area (Å²) in [7, 11) is 0. The Morgan fingerprint density at radius 1 is 0.500 bits per heavy atom. The van der Waals surface area contributed by atoms with Crippen molar-refractivity contribution in [3.63, 3.8) is 0 Å². The van der Waals surface area contributed by atoms with E-state index in [2.05, 4.69) is 0 Å². The SMILES string of the molecule is O=C(O[C@H]1CO[C@H]2[C@@H]1OC[C@H]2OC(=O)c1ccc2cc(OCc3ccccc3)ccc2c1)c1ccc2cc(OCc3ccccc3)ccc2c1. The van der Waals surface area contributed by atoms with Crippen LogP contribution in [0.4, 0.5) is 0 Å². The first-order valence-electron chi connectivity index (χ1n) is 16.6. The fourth-order valence-electron chi connectivity index (χ4n) is 6.41. The molecule has 2 aliphatic heterocycles. The highest BCUT2D eigenvalue weighted by molar-refractivity contribution is 5.97. The molecular formula is C42H34O8. The highest BCUT2D eigenvalue weighted by Crippen LogP contribution is 2.32. The smallest absolute Gasteiger partial charge is 0.338 e. The van der Waals surface area contributed by atoms with E-state index in [1.54, 1.807) is 24.3 Å². The van der Waals surface area contributed by atoms with Gasteiger partial charge in [0.05, 0.1) is 24.3 Å². The highest BCUT2D eigenvalue weighted by Gasteiger charge is 2.51. The first-order valence-corrected chi connectivity index (χ1v) is 16.6. The van der Waals surface area contributed by atoms with Crippen molar-refractivity contribution in [1.29, 1.82) is 0 Å². The number of hydrogen-bond acceptors (Lipinski definition) is 8. The van der Waals surface area contributed by atoms with Gasteiger partial charge in [-0.1, -0.05) is 84.9 Å². The zero-order chi connectivity index (χ0) is 33.9. The summed E-state index contributed by atoms with van der Waals surface area (Å²) in [6.07, 6.45) is -2.32. The number of ether oxygens (including phenoxy) is 6. The maximum absolute atomic E-state index is 13.2. The largest absolute Gasteiger partial charge is 0.489 e. The van der Waals surface area contributed by atoms with Crippen LogP contribution >= 0.6 is 0 Å². The van der Waals surface area contributed by atoms with E-state index < -0.39 is 36.4 Å². The maximum Gasteiger partial charge on any atom is 0.338 e. The van der Waals surface area contributed by atoms with Gasteiger partial charge in [-0.2, -0.15) is 0 Å². The summed E-state index contributed by atoms with van der Waals surface area (Å²) in [4.78, 5) is 26.4. The second kappa shape index (κ2) is 14.0. The molecule has 6 aromatic rings. The Kier molecular flexibility index (Phi) is 8.86. The van der Waals surface area contributed by atoms with Gasteiger partial charge in [0, 0.05) is 0 Å². The van der Waals surface area contributed by atoms with Gasteiger partial charge in [-0.25, -0.2) is 9.59 Å². The number of esters is 2. The molecular weight excluding hydrogens is 632 g/mol. The second-order valence-corrected chi connectivity index (χ2v) is 12.5. The van der Waals surface area contributed by atoms with Crippen LogP contribution in [0, 0.1) is 0 Å². The summed E-state index contributed by atoms with van der Waals surface area (Å²) in [6.45, 7) is 1.24. The lowest BCUT2D eigenvalue weighted by Gasteiger charge is -2.17. The van der Waals surface area contributed by atoms with Gasteiger partial charge < -0.3 is 28.4 Å². The Morgan fingerprint density at radius 2 is 0.900 bits per heavy atom. The van der Waals surface area contributed by atoms with Gasteiger partial charge in [0.2, 0.25) is 0 Å². The van der Waals surface area contributed by atoms with Crippen LogP contribution in [0.1, 0.15) is 31.8 Å². The Hall–Kier alpha value is -5.70. The van der Waals surface area contributed by atoms with Crippen molar-refractivity contribution in [2.24, 2.45) is 0 Å². The first-order chi connectivity index (χ1) is 24.6. The summed E-state index contributed by atoms with van der Waals surface area (Å²) >= 11 is 0. The topological polar surface area (TPSA) is 89.5 Å². The van der Waals surface area contributed by atoms with Crippen molar-refractivity contribution in [3.8, 4) is 11.5 Å². The summed E-state index contributed by atoms with van der Waals surface area (Å²) in [5, 5.41) is 3.68. The van der Waals surface area contributed by atoms with E-state index in [9.17, 15) is 9.59 Å². The van der Waals surface area contributed by atoms with Gasteiger partial charge in [-0.15, -0.1) is 0 Å². The molecule has 0 aliphatic carbocycles. The molecule has 0 radical (unpaired) electrons. The Labute approximate surface area is 289 Å². The third-order valence-electron chi connectivity index (χ3n) is 9.07. The van der Waals surface area contributed by atoms with E-state index in [0.29, 0.717) is 24.3 Å².